The van der Waals surface area contributed by atoms with E-state index in [4.69, 9.17) is 0 Å². The second kappa shape index (κ2) is 9.34. The second-order valence-corrected chi connectivity index (χ2v) is 7.65. The van der Waals surface area contributed by atoms with Crippen molar-refractivity contribution in [2.45, 2.75) is 45.8 Å². The normalized spacial score (nSPS) is 22.8. The first-order chi connectivity index (χ1) is 12.1. The van der Waals surface area contributed by atoms with E-state index < -0.39 is 0 Å². The molecule has 142 valence electrons. The van der Waals surface area contributed by atoms with Crippen LogP contribution in [0.5, 0.6) is 0 Å². The third kappa shape index (κ3) is 4.15. The van der Waals surface area contributed by atoms with Crippen molar-refractivity contribution in [3.63, 3.8) is 0 Å². The number of piperazine rings is 1. The molecule has 0 aliphatic carbocycles. The average Bonchev–Trinajstić information content (AvgIpc) is 2.66. The molecule has 2 atom stereocenters. The lowest BCUT2D eigenvalue weighted by atomic mass is 9.92. The summed E-state index contributed by atoms with van der Waals surface area (Å²) in [6.45, 7) is 14.4. The number of hydrogen-bond acceptors (Lipinski definition) is 1. The Morgan fingerprint density at radius 1 is 0.885 bits per heavy atom. The molecule has 2 unspecified atom stereocenters. The highest BCUT2D eigenvalue weighted by molar-refractivity contribution is 5.32. The lowest BCUT2D eigenvalue weighted by molar-refractivity contribution is -0.953. The van der Waals surface area contributed by atoms with Crippen LogP contribution >= 0.6 is 0 Å². The summed E-state index contributed by atoms with van der Waals surface area (Å²) in [7, 11) is 0. The molecule has 1 saturated heterocycles. The van der Waals surface area contributed by atoms with Crippen molar-refractivity contribution in [3.8, 4) is 0 Å². The van der Waals surface area contributed by atoms with Gasteiger partial charge in [-0.25, -0.2) is 0 Å². The molecular formula is C23H33IN2. The maximum atomic E-state index is 2.73. The van der Waals surface area contributed by atoms with Crippen LogP contribution in [0.3, 0.4) is 0 Å². The van der Waals surface area contributed by atoms with Crippen molar-refractivity contribution in [1.82, 2.24) is 4.90 Å². The van der Waals surface area contributed by atoms with E-state index in [1.165, 1.54) is 35.2 Å². The molecule has 0 saturated carbocycles. The van der Waals surface area contributed by atoms with Crippen LogP contribution < -0.4 is 24.0 Å². The van der Waals surface area contributed by atoms with E-state index in [0.29, 0.717) is 18.1 Å². The quantitative estimate of drug-likeness (QED) is 0.482. The number of hydrogen-bond donors (Lipinski definition) is 0. The molecule has 1 fully saturated rings. The first kappa shape index (κ1) is 21.4. The van der Waals surface area contributed by atoms with Gasteiger partial charge in [-0.15, -0.1) is 0 Å². The first-order valence-electron chi connectivity index (χ1n) is 9.82. The zero-order chi connectivity index (χ0) is 17.9. The maximum Gasteiger partial charge on any atom is 0.0991 e. The highest BCUT2D eigenvalue weighted by atomic mass is 127. The molecule has 26 heavy (non-hydrogen) atoms. The number of rotatable bonds is 5. The van der Waals surface area contributed by atoms with Crippen LogP contribution in [0, 0.1) is 0 Å². The summed E-state index contributed by atoms with van der Waals surface area (Å²) in [5.74, 6) is 0. The smallest absolute Gasteiger partial charge is 0.0991 e. The predicted octanol–water partition coefficient (Wildman–Crippen LogP) is 1.73. The summed E-state index contributed by atoms with van der Waals surface area (Å²) >= 11 is 0. The SMILES string of the molecule is CC[N+]1(CC)CC(C)N(C(c2ccccc2)c2ccccc2)CC1C.[I-]. The van der Waals surface area contributed by atoms with Crippen LogP contribution in [0.15, 0.2) is 60.7 Å². The maximum absolute atomic E-state index is 2.73. The molecule has 2 nitrogen and oxygen atoms in total. The third-order valence-corrected chi connectivity index (χ3v) is 6.43. The fourth-order valence-corrected chi connectivity index (χ4v) is 4.78. The Balaban J connectivity index is 0.00000243. The van der Waals surface area contributed by atoms with Gasteiger partial charge in [0.15, 0.2) is 0 Å². The molecule has 3 rings (SSSR count). The van der Waals surface area contributed by atoms with Gasteiger partial charge in [0.25, 0.3) is 0 Å². The van der Waals surface area contributed by atoms with Crippen LogP contribution in [0.25, 0.3) is 0 Å². The van der Waals surface area contributed by atoms with Crippen LogP contribution in [0.2, 0.25) is 0 Å². The summed E-state index contributed by atoms with van der Waals surface area (Å²) in [5, 5.41) is 0. The molecule has 2 aromatic rings. The molecule has 0 N–H and O–H groups in total. The van der Waals surface area contributed by atoms with Crippen molar-refractivity contribution in [1.29, 1.82) is 0 Å². The Kier molecular flexibility index (Phi) is 7.68. The van der Waals surface area contributed by atoms with Gasteiger partial charge in [-0.05, 0) is 38.8 Å². The molecule has 0 radical (unpaired) electrons. The fraction of sp³-hybridized carbons (Fsp3) is 0.478. The molecular weight excluding hydrogens is 431 g/mol. The monoisotopic (exact) mass is 464 g/mol. The minimum Gasteiger partial charge on any atom is -1.00 e. The topological polar surface area (TPSA) is 3.24 Å². The number of likely N-dealkylation sites (N-methyl/N-ethyl adjacent to an activating group) is 1. The minimum absolute atomic E-state index is 0. The van der Waals surface area contributed by atoms with Gasteiger partial charge in [0.2, 0.25) is 0 Å². The predicted molar refractivity (Wildman–Crippen MR) is 107 cm³/mol. The lowest BCUT2D eigenvalue weighted by Gasteiger charge is -2.53. The van der Waals surface area contributed by atoms with Gasteiger partial charge < -0.3 is 28.5 Å². The standard InChI is InChI=1S/C23H33N2.HI/c1-5-25(6-2)18-19(3)24(17-20(25)4)23(21-13-9-7-10-14-21)22-15-11-8-12-16-22;/h7-16,19-20,23H,5-6,17-18H2,1-4H3;1H/q+1;/p-1. The van der Waals surface area contributed by atoms with Gasteiger partial charge in [0, 0.05) is 0 Å². The summed E-state index contributed by atoms with van der Waals surface area (Å²) in [5.41, 5.74) is 2.81. The van der Waals surface area contributed by atoms with Crippen LogP contribution in [0.4, 0.5) is 0 Å². The van der Waals surface area contributed by atoms with Gasteiger partial charge in [0.1, 0.15) is 0 Å². The largest absolute Gasteiger partial charge is 1.00 e. The average molecular weight is 464 g/mol. The Morgan fingerprint density at radius 3 is 1.77 bits per heavy atom. The molecule has 0 bridgehead atoms. The van der Waals surface area contributed by atoms with Crippen LogP contribution in [0.1, 0.15) is 44.9 Å². The molecule has 1 aliphatic rings. The van der Waals surface area contributed by atoms with Crippen molar-refractivity contribution in [2.24, 2.45) is 0 Å². The van der Waals surface area contributed by atoms with E-state index in [9.17, 15) is 0 Å². The molecule has 1 aliphatic heterocycles. The Labute approximate surface area is 176 Å². The molecule has 3 heteroatoms. The molecule has 1 heterocycles. The van der Waals surface area contributed by atoms with Crippen molar-refractivity contribution >= 4 is 0 Å². The van der Waals surface area contributed by atoms with Gasteiger partial charge in [-0.1, -0.05) is 60.7 Å². The van der Waals surface area contributed by atoms with Crippen LogP contribution in [-0.2, 0) is 0 Å². The number of halogens is 1. The van der Waals surface area contributed by atoms with Crippen LogP contribution in [-0.4, -0.2) is 47.6 Å². The molecule has 0 spiro atoms. The van der Waals surface area contributed by atoms with E-state index >= 15 is 0 Å². The Bertz CT molecular complexity index is 615. The van der Waals surface area contributed by atoms with E-state index in [0.717, 1.165) is 6.54 Å². The summed E-state index contributed by atoms with van der Waals surface area (Å²) in [6, 6.07) is 23.6. The van der Waals surface area contributed by atoms with Gasteiger partial charge in [-0.2, -0.15) is 0 Å². The zero-order valence-corrected chi connectivity index (χ0v) is 18.8. The van der Waals surface area contributed by atoms with Crippen molar-refractivity contribution in [2.75, 3.05) is 26.2 Å². The lowest BCUT2D eigenvalue weighted by Crippen LogP contribution is -3.00. The van der Waals surface area contributed by atoms with E-state index in [2.05, 4.69) is 93.3 Å². The van der Waals surface area contributed by atoms with Gasteiger partial charge in [0.05, 0.1) is 44.3 Å². The number of nitrogens with zero attached hydrogens (tertiary/aromatic N) is 2. The van der Waals surface area contributed by atoms with Gasteiger partial charge in [-0.3, -0.25) is 4.90 Å². The first-order valence-corrected chi connectivity index (χ1v) is 9.82. The molecule has 0 aromatic heterocycles. The summed E-state index contributed by atoms with van der Waals surface area (Å²) in [6.07, 6.45) is 0. The Hall–Kier alpha value is -0.910. The van der Waals surface area contributed by atoms with Crippen molar-refractivity contribution < 1.29 is 28.5 Å². The molecule has 0 amide bonds. The fourth-order valence-electron chi connectivity index (χ4n) is 4.78. The van der Waals surface area contributed by atoms with E-state index in [1.807, 2.05) is 0 Å². The minimum atomic E-state index is 0. The summed E-state index contributed by atoms with van der Waals surface area (Å²) < 4.78 is 1.24. The van der Waals surface area contributed by atoms with Gasteiger partial charge >= 0.3 is 0 Å². The Morgan fingerprint density at radius 2 is 1.35 bits per heavy atom. The zero-order valence-electron chi connectivity index (χ0n) is 16.6. The highest BCUT2D eigenvalue weighted by Crippen LogP contribution is 2.35. The van der Waals surface area contributed by atoms with Crippen molar-refractivity contribution in [3.05, 3.63) is 71.8 Å². The third-order valence-electron chi connectivity index (χ3n) is 6.43. The number of quaternary nitrogens is 1. The number of benzene rings is 2. The summed E-state index contributed by atoms with van der Waals surface area (Å²) in [4.78, 5) is 2.73. The second-order valence-electron chi connectivity index (χ2n) is 7.65. The highest BCUT2D eigenvalue weighted by Gasteiger charge is 2.43. The van der Waals surface area contributed by atoms with E-state index in [1.54, 1.807) is 0 Å². The van der Waals surface area contributed by atoms with E-state index in [-0.39, 0.29) is 24.0 Å². The molecule has 2 aromatic carbocycles.